The highest BCUT2D eigenvalue weighted by molar-refractivity contribution is 5.89. The van der Waals surface area contributed by atoms with Gasteiger partial charge in [-0.05, 0) is 42.8 Å². The molecule has 0 fully saturated rings. The van der Waals surface area contributed by atoms with Crippen LogP contribution in [0.25, 0.3) is 0 Å². The molecule has 5 nitrogen and oxygen atoms in total. The summed E-state index contributed by atoms with van der Waals surface area (Å²) < 4.78 is 21.7. The van der Waals surface area contributed by atoms with Crippen LogP contribution in [0.3, 0.4) is 0 Å². The third-order valence-corrected chi connectivity index (χ3v) is 3.78. The molecule has 0 radical (unpaired) electrons. The van der Waals surface area contributed by atoms with Gasteiger partial charge >= 0.3 is 5.97 Å². The predicted molar refractivity (Wildman–Crippen MR) is 86.5 cm³/mol. The fourth-order valence-corrected chi connectivity index (χ4v) is 2.42. The van der Waals surface area contributed by atoms with Gasteiger partial charge in [-0.3, -0.25) is 0 Å². The van der Waals surface area contributed by atoms with E-state index in [0.29, 0.717) is 11.3 Å². The molecule has 3 atom stereocenters. The highest BCUT2D eigenvalue weighted by Crippen LogP contribution is 2.22. The van der Waals surface area contributed by atoms with E-state index in [0.717, 1.165) is 19.3 Å². The van der Waals surface area contributed by atoms with Crippen LogP contribution in [0.5, 0.6) is 5.75 Å². The number of hydrogen-bond donors (Lipinski definition) is 0. The molecular weight excluding hydrogens is 296 g/mol. The van der Waals surface area contributed by atoms with E-state index in [1.807, 2.05) is 6.08 Å². The molecule has 0 aromatic heterocycles. The van der Waals surface area contributed by atoms with Crippen LogP contribution in [0.15, 0.2) is 36.4 Å². The second-order valence-electron chi connectivity index (χ2n) is 5.40. The van der Waals surface area contributed by atoms with Gasteiger partial charge in [0, 0.05) is 7.11 Å². The summed E-state index contributed by atoms with van der Waals surface area (Å²) in [5.41, 5.74) is 0.488. The fourth-order valence-electron chi connectivity index (χ4n) is 2.42. The van der Waals surface area contributed by atoms with Gasteiger partial charge in [-0.2, -0.15) is 0 Å². The summed E-state index contributed by atoms with van der Waals surface area (Å²) in [5.74, 6) is 0.328. The van der Waals surface area contributed by atoms with Gasteiger partial charge < -0.3 is 18.9 Å². The van der Waals surface area contributed by atoms with Gasteiger partial charge in [-0.15, -0.1) is 0 Å². The van der Waals surface area contributed by atoms with E-state index in [1.54, 1.807) is 44.6 Å². The first-order chi connectivity index (χ1) is 11.2. The molecule has 0 spiro atoms. The van der Waals surface area contributed by atoms with Gasteiger partial charge in [-0.1, -0.05) is 19.8 Å². The first kappa shape index (κ1) is 17.5. The van der Waals surface area contributed by atoms with Crippen LogP contribution in [-0.4, -0.2) is 38.7 Å². The summed E-state index contributed by atoms with van der Waals surface area (Å²) >= 11 is 0. The third kappa shape index (κ3) is 4.81. The van der Waals surface area contributed by atoms with Crippen molar-refractivity contribution in [1.82, 2.24) is 0 Å². The van der Waals surface area contributed by atoms with E-state index in [2.05, 4.69) is 6.92 Å². The number of carbonyl (C=O) groups excluding carboxylic acids is 1. The van der Waals surface area contributed by atoms with Crippen LogP contribution >= 0.6 is 0 Å². The van der Waals surface area contributed by atoms with Gasteiger partial charge in [0.05, 0.1) is 12.7 Å². The van der Waals surface area contributed by atoms with Crippen LogP contribution in [0, 0.1) is 0 Å². The molecule has 1 aromatic rings. The molecule has 126 valence electrons. The van der Waals surface area contributed by atoms with E-state index < -0.39 is 6.10 Å². The molecule has 23 heavy (non-hydrogen) atoms. The Morgan fingerprint density at radius 1 is 1.17 bits per heavy atom. The number of hydrogen-bond acceptors (Lipinski definition) is 5. The van der Waals surface area contributed by atoms with Crippen molar-refractivity contribution in [3.63, 3.8) is 0 Å². The second-order valence-corrected chi connectivity index (χ2v) is 5.40. The lowest BCUT2D eigenvalue weighted by Gasteiger charge is -2.31. The van der Waals surface area contributed by atoms with Gasteiger partial charge in [0.15, 0.2) is 6.29 Å². The molecule has 0 saturated heterocycles. The minimum atomic E-state index is -0.400. The highest BCUT2D eigenvalue weighted by atomic mass is 16.7. The van der Waals surface area contributed by atoms with E-state index in [1.165, 1.54) is 0 Å². The average Bonchev–Trinajstić information content (AvgIpc) is 2.60. The Labute approximate surface area is 137 Å². The van der Waals surface area contributed by atoms with E-state index >= 15 is 0 Å². The van der Waals surface area contributed by atoms with Gasteiger partial charge in [0.1, 0.15) is 18.0 Å². The van der Waals surface area contributed by atoms with E-state index in [9.17, 15) is 4.79 Å². The predicted octanol–water partition coefficient (Wildman–Crippen LogP) is 3.34. The summed E-state index contributed by atoms with van der Waals surface area (Å²) in [6, 6.07) is 6.85. The largest absolute Gasteiger partial charge is 0.497 e. The summed E-state index contributed by atoms with van der Waals surface area (Å²) in [7, 11) is 3.18. The first-order valence-electron chi connectivity index (χ1n) is 7.89. The number of rotatable bonds is 7. The van der Waals surface area contributed by atoms with Crippen molar-refractivity contribution in [1.29, 1.82) is 0 Å². The van der Waals surface area contributed by atoms with Crippen LogP contribution < -0.4 is 4.74 Å². The third-order valence-electron chi connectivity index (χ3n) is 3.78. The summed E-state index contributed by atoms with van der Waals surface area (Å²) in [5, 5.41) is 0. The Morgan fingerprint density at radius 2 is 1.91 bits per heavy atom. The van der Waals surface area contributed by atoms with E-state index in [4.69, 9.17) is 18.9 Å². The molecule has 1 aliphatic rings. The average molecular weight is 320 g/mol. The zero-order valence-electron chi connectivity index (χ0n) is 13.9. The minimum Gasteiger partial charge on any atom is -0.497 e. The molecule has 0 bridgehead atoms. The quantitative estimate of drug-likeness (QED) is 0.570. The SMILES string of the molecule is CCCC[C@H]1O[C@H](OC)C=C[C@H]1OC(=O)c1ccc(OC)cc1. The molecule has 0 unspecified atom stereocenters. The van der Waals surface area contributed by atoms with Gasteiger partial charge in [0.2, 0.25) is 0 Å². The van der Waals surface area contributed by atoms with Crippen LogP contribution in [0.2, 0.25) is 0 Å². The Kier molecular flexibility index (Phi) is 6.62. The molecule has 1 aliphatic heterocycles. The zero-order chi connectivity index (χ0) is 16.7. The standard InChI is InChI=1S/C18H24O5/c1-4-5-6-15-16(11-12-17(21-3)22-15)23-18(19)13-7-9-14(20-2)10-8-13/h7-12,15-17H,4-6H2,1-3H3/t15-,16-,17+/m1/s1. The van der Waals surface area contributed by atoms with Crippen LogP contribution in [0.4, 0.5) is 0 Å². The van der Waals surface area contributed by atoms with Crippen molar-refractivity contribution in [2.45, 2.75) is 44.7 Å². The Bertz CT molecular complexity index is 523. The number of unbranched alkanes of at least 4 members (excludes halogenated alkanes) is 1. The maximum Gasteiger partial charge on any atom is 0.338 e. The van der Waals surface area contributed by atoms with Gasteiger partial charge in [-0.25, -0.2) is 4.79 Å². The highest BCUT2D eigenvalue weighted by Gasteiger charge is 2.30. The van der Waals surface area contributed by atoms with Crippen molar-refractivity contribution in [3.05, 3.63) is 42.0 Å². The van der Waals surface area contributed by atoms with Gasteiger partial charge in [0.25, 0.3) is 0 Å². The van der Waals surface area contributed by atoms with E-state index in [-0.39, 0.29) is 18.4 Å². The summed E-state index contributed by atoms with van der Waals surface area (Å²) in [6.45, 7) is 2.12. The molecule has 1 aromatic carbocycles. The number of carbonyl (C=O) groups is 1. The monoisotopic (exact) mass is 320 g/mol. The minimum absolute atomic E-state index is 0.188. The molecular formula is C18H24O5. The summed E-state index contributed by atoms with van der Waals surface area (Å²) in [4.78, 5) is 12.3. The topological polar surface area (TPSA) is 54.0 Å². The fraction of sp³-hybridized carbons (Fsp3) is 0.500. The second kappa shape index (κ2) is 8.70. The maximum absolute atomic E-state index is 12.3. The molecule has 1 heterocycles. The van der Waals surface area contributed by atoms with Crippen molar-refractivity contribution in [2.75, 3.05) is 14.2 Å². The zero-order valence-corrected chi connectivity index (χ0v) is 13.9. The smallest absolute Gasteiger partial charge is 0.338 e. The lowest BCUT2D eigenvalue weighted by atomic mass is 10.0. The van der Waals surface area contributed by atoms with Crippen molar-refractivity contribution < 1.29 is 23.7 Å². The maximum atomic E-state index is 12.3. The molecule has 2 rings (SSSR count). The van der Waals surface area contributed by atoms with Crippen molar-refractivity contribution in [3.8, 4) is 5.75 Å². The Hall–Kier alpha value is -1.85. The molecule has 0 aliphatic carbocycles. The van der Waals surface area contributed by atoms with Crippen LogP contribution in [-0.2, 0) is 14.2 Å². The molecule has 5 heteroatoms. The van der Waals surface area contributed by atoms with Crippen molar-refractivity contribution in [2.24, 2.45) is 0 Å². The Morgan fingerprint density at radius 3 is 2.52 bits per heavy atom. The molecule has 0 amide bonds. The first-order valence-corrected chi connectivity index (χ1v) is 7.89. The Balaban J connectivity index is 2.03. The summed E-state index contributed by atoms with van der Waals surface area (Å²) in [6.07, 6.45) is 5.53. The number of benzene rings is 1. The lowest BCUT2D eigenvalue weighted by molar-refractivity contribution is -0.160. The number of ether oxygens (including phenoxy) is 4. The lowest BCUT2D eigenvalue weighted by Crippen LogP contribution is -2.38. The van der Waals surface area contributed by atoms with Crippen LogP contribution in [0.1, 0.15) is 36.5 Å². The molecule has 0 saturated carbocycles. The van der Waals surface area contributed by atoms with Crippen molar-refractivity contribution >= 4 is 5.97 Å². The molecule has 0 N–H and O–H groups in total. The normalized spacial score (nSPS) is 23.5. The number of esters is 1. The number of methoxy groups -OCH3 is 2.